The molecule has 1 aliphatic heterocycles. The number of hydrogen-bond donors (Lipinski definition) is 0. The van der Waals surface area contributed by atoms with Gasteiger partial charge >= 0.3 is 6.09 Å². The number of halogens is 1. The molecule has 0 unspecified atom stereocenters. The van der Waals surface area contributed by atoms with Crippen LogP contribution < -0.4 is 9.47 Å². The average Bonchev–Trinajstić information content (AvgIpc) is 2.54. The number of carbonyl (C=O) groups is 1. The summed E-state index contributed by atoms with van der Waals surface area (Å²) in [4.78, 5) is 13.3. The number of ether oxygens (including phenoxy) is 3. The molecule has 22 heavy (non-hydrogen) atoms. The molecule has 0 radical (unpaired) electrons. The smallest absolute Gasteiger partial charge is 0.410 e. The van der Waals surface area contributed by atoms with Gasteiger partial charge in [0.25, 0.3) is 0 Å². The number of benzene rings is 1. The summed E-state index contributed by atoms with van der Waals surface area (Å²) >= 11 is 2.23. The van der Waals surface area contributed by atoms with E-state index in [2.05, 4.69) is 22.6 Å². The fourth-order valence-electron chi connectivity index (χ4n) is 2.18. The van der Waals surface area contributed by atoms with Crippen LogP contribution in [0.2, 0.25) is 0 Å². The van der Waals surface area contributed by atoms with Gasteiger partial charge in [0.15, 0.2) is 11.5 Å². The van der Waals surface area contributed by atoms with Gasteiger partial charge in [0.05, 0.1) is 17.3 Å². The Kier molecular flexibility index (Phi) is 6.35. The first-order chi connectivity index (χ1) is 10.7. The van der Waals surface area contributed by atoms with Gasteiger partial charge in [0.1, 0.15) is 6.61 Å². The molecular formula is C16H20INO4. The highest BCUT2D eigenvalue weighted by atomic mass is 127. The number of hydrogen-bond acceptors (Lipinski definition) is 4. The Morgan fingerprint density at radius 2 is 2.23 bits per heavy atom. The first-order valence-electron chi connectivity index (χ1n) is 7.20. The topological polar surface area (TPSA) is 48.0 Å². The highest BCUT2D eigenvalue weighted by Gasteiger charge is 2.18. The standard InChI is InChI=1S/C16H20INO4/c1-3-21-16(19)18-9-7-12(8-10-18)11-22-15-13(17)5-4-6-14(15)20-2/h4-7H,3,8-11H2,1-2H3. The van der Waals surface area contributed by atoms with E-state index in [4.69, 9.17) is 14.2 Å². The van der Waals surface area contributed by atoms with E-state index in [9.17, 15) is 4.79 Å². The number of nitrogens with zero attached hydrogens (tertiary/aromatic N) is 1. The van der Waals surface area contributed by atoms with Gasteiger partial charge in [-0.3, -0.25) is 0 Å². The zero-order valence-electron chi connectivity index (χ0n) is 12.8. The predicted molar refractivity (Wildman–Crippen MR) is 92.5 cm³/mol. The van der Waals surface area contributed by atoms with Crippen LogP contribution in [0.1, 0.15) is 13.3 Å². The molecule has 0 bridgehead atoms. The summed E-state index contributed by atoms with van der Waals surface area (Å²) in [6.07, 6.45) is 2.57. The Balaban J connectivity index is 1.92. The Morgan fingerprint density at radius 3 is 2.86 bits per heavy atom. The van der Waals surface area contributed by atoms with Crippen LogP contribution in [-0.4, -0.2) is 44.4 Å². The van der Waals surface area contributed by atoms with Gasteiger partial charge in [-0.2, -0.15) is 0 Å². The monoisotopic (exact) mass is 417 g/mol. The van der Waals surface area contributed by atoms with Crippen molar-refractivity contribution in [2.45, 2.75) is 13.3 Å². The van der Waals surface area contributed by atoms with Gasteiger partial charge in [0, 0.05) is 13.1 Å². The van der Waals surface area contributed by atoms with Crippen molar-refractivity contribution < 1.29 is 19.0 Å². The average molecular weight is 417 g/mol. The maximum Gasteiger partial charge on any atom is 0.410 e. The molecule has 0 N–H and O–H groups in total. The lowest BCUT2D eigenvalue weighted by Crippen LogP contribution is -2.35. The molecule has 0 aliphatic carbocycles. The molecule has 0 fully saturated rings. The summed E-state index contributed by atoms with van der Waals surface area (Å²) in [5.74, 6) is 1.50. The second kappa shape index (κ2) is 8.26. The molecule has 1 amide bonds. The second-order valence-corrected chi connectivity index (χ2v) is 5.98. The summed E-state index contributed by atoms with van der Waals surface area (Å²) in [7, 11) is 1.63. The fraction of sp³-hybridized carbons (Fsp3) is 0.438. The van der Waals surface area contributed by atoms with Gasteiger partial charge in [-0.1, -0.05) is 12.1 Å². The van der Waals surface area contributed by atoms with Crippen LogP contribution in [0.15, 0.2) is 29.8 Å². The van der Waals surface area contributed by atoms with Crippen molar-refractivity contribution in [1.82, 2.24) is 4.90 Å². The first kappa shape index (κ1) is 16.9. The molecule has 0 saturated heterocycles. The Bertz CT molecular complexity index is 559. The van der Waals surface area contributed by atoms with Crippen molar-refractivity contribution in [1.29, 1.82) is 0 Å². The van der Waals surface area contributed by atoms with Crippen LogP contribution in [0.3, 0.4) is 0 Å². The zero-order chi connectivity index (χ0) is 15.9. The largest absolute Gasteiger partial charge is 0.493 e. The summed E-state index contributed by atoms with van der Waals surface area (Å²) in [6.45, 7) is 3.96. The van der Waals surface area contributed by atoms with E-state index >= 15 is 0 Å². The van der Waals surface area contributed by atoms with E-state index in [0.717, 1.165) is 21.5 Å². The molecular weight excluding hydrogens is 397 g/mol. The van der Waals surface area contributed by atoms with Crippen LogP contribution in [0.25, 0.3) is 0 Å². The third-order valence-corrected chi connectivity index (χ3v) is 4.23. The first-order valence-corrected chi connectivity index (χ1v) is 8.28. The normalized spacial score (nSPS) is 14.3. The van der Waals surface area contributed by atoms with Crippen LogP contribution in [0.4, 0.5) is 4.79 Å². The van der Waals surface area contributed by atoms with Crippen LogP contribution in [0, 0.1) is 3.57 Å². The zero-order valence-corrected chi connectivity index (χ0v) is 15.0. The van der Waals surface area contributed by atoms with E-state index < -0.39 is 0 Å². The quantitative estimate of drug-likeness (QED) is 0.544. The number of carbonyl (C=O) groups excluding carboxylic acids is 1. The van der Waals surface area contributed by atoms with E-state index in [-0.39, 0.29) is 6.09 Å². The van der Waals surface area contributed by atoms with E-state index in [0.29, 0.717) is 26.3 Å². The van der Waals surface area contributed by atoms with Crippen molar-refractivity contribution in [2.24, 2.45) is 0 Å². The minimum absolute atomic E-state index is 0.252. The lowest BCUT2D eigenvalue weighted by atomic mass is 10.1. The molecule has 1 aromatic rings. The minimum Gasteiger partial charge on any atom is -0.493 e. The third-order valence-electron chi connectivity index (χ3n) is 3.38. The maximum atomic E-state index is 11.6. The Hall–Kier alpha value is -1.44. The lowest BCUT2D eigenvalue weighted by molar-refractivity contribution is 0.109. The molecule has 6 heteroatoms. The van der Waals surface area contributed by atoms with E-state index in [1.54, 1.807) is 12.0 Å². The summed E-state index contributed by atoms with van der Waals surface area (Å²) in [5.41, 5.74) is 1.18. The van der Waals surface area contributed by atoms with E-state index in [1.807, 2.05) is 31.2 Å². The number of methoxy groups -OCH3 is 1. The van der Waals surface area contributed by atoms with Crippen molar-refractivity contribution in [2.75, 3.05) is 33.4 Å². The summed E-state index contributed by atoms with van der Waals surface area (Å²) in [5, 5.41) is 0. The molecule has 5 nitrogen and oxygen atoms in total. The maximum absolute atomic E-state index is 11.6. The Morgan fingerprint density at radius 1 is 1.41 bits per heavy atom. The van der Waals surface area contributed by atoms with Gasteiger partial charge in [0.2, 0.25) is 0 Å². The molecule has 0 spiro atoms. The molecule has 0 aromatic heterocycles. The molecule has 1 aromatic carbocycles. The van der Waals surface area contributed by atoms with Crippen LogP contribution in [0.5, 0.6) is 11.5 Å². The molecule has 0 atom stereocenters. The minimum atomic E-state index is -0.252. The van der Waals surface area contributed by atoms with Gasteiger partial charge in [-0.15, -0.1) is 0 Å². The van der Waals surface area contributed by atoms with Crippen LogP contribution in [-0.2, 0) is 4.74 Å². The molecule has 2 rings (SSSR count). The van der Waals surface area contributed by atoms with Gasteiger partial charge in [-0.05, 0) is 53.6 Å². The van der Waals surface area contributed by atoms with Gasteiger partial charge in [-0.25, -0.2) is 4.79 Å². The highest BCUT2D eigenvalue weighted by Crippen LogP contribution is 2.32. The van der Waals surface area contributed by atoms with Crippen molar-refractivity contribution >= 4 is 28.7 Å². The van der Waals surface area contributed by atoms with Crippen molar-refractivity contribution in [3.63, 3.8) is 0 Å². The summed E-state index contributed by atoms with van der Waals surface area (Å²) in [6, 6.07) is 5.80. The Labute approximate surface area is 144 Å². The molecule has 0 saturated carbocycles. The van der Waals surface area contributed by atoms with Crippen LogP contribution >= 0.6 is 22.6 Å². The highest BCUT2D eigenvalue weighted by molar-refractivity contribution is 14.1. The number of rotatable bonds is 5. The SMILES string of the molecule is CCOC(=O)N1CC=C(COc2c(I)cccc2OC)CC1. The van der Waals surface area contributed by atoms with Crippen molar-refractivity contribution in [3.05, 3.63) is 33.4 Å². The molecule has 1 aliphatic rings. The third kappa shape index (κ3) is 4.28. The second-order valence-electron chi connectivity index (χ2n) is 4.82. The molecule has 120 valence electrons. The van der Waals surface area contributed by atoms with E-state index in [1.165, 1.54) is 5.57 Å². The predicted octanol–water partition coefficient (Wildman–Crippen LogP) is 3.47. The number of para-hydroxylation sites is 1. The fourth-order valence-corrected chi connectivity index (χ4v) is 2.81. The summed E-state index contributed by atoms with van der Waals surface area (Å²) < 4.78 is 17.2. The lowest BCUT2D eigenvalue weighted by Gasteiger charge is -2.25. The molecule has 1 heterocycles. The van der Waals surface area contributed by atoms with Crippen molar-refractivity contribution in [3.8, 4) is 11.5 Å². The van der Waals surface area contributed by atoms with Gasteiger partial charge < -0.3 is 19.1 Å². The number of amides is 1.